The van der Waals surface area contributed by atoms with E-state index in [1.54, 1.807) is 0 Å². The summed E-state index contributed by atoms with van der Waals surface area (Å²) in [6.45, 7) is -1.29. The highest BCUT2D eigenvalue weighted by Gasteiger charge is 2.42. The van der Waals surface area contributed by atoms with Crippen molar-refractivity contribution < 1.29 is 60.6 Å². The maximum absolute atomic E-state index is 9.90. The number of ether oxygens (including phenoxy) is 1. The van der Waals surface area contributed by atoms with E-state index in [2.05, 4.69) is 4.74 Å². The molecule has 1 fully saturated rings. The van der Waals surface area contributed by atoms with E-state index in [1.165, 1.54) is 0 Å². The first kappa shape index (κ1) is 23.2. The topological polar surface area (TPSA) is 229 Å². The Hall–Kier alpha value is -0.770. The molecular formula is C12H24O12. The highest BCUT2D eigenvalue weighted by Crippen LogP contribution is 2.19. The lowest BCUT2D eigenvalue weighted by atomic mass is 10.00. The Morgan fingerprint density at radius 3 is 1.83 bits per heavy atom. The van der Waals surface area contributed by atoms with Crippen LogP contribution in [-0.4, -0.2) is 126 Å². The van der Waals surface area contributed by atoms with Crippen LogP contribution in [0.1, 0.15) is 0 Å². The van der Waals surface area contributed by atoms with Gasteiger partial charge in [-0.2, -0.15) is 0 Å². The molecule has 0 bridgehead atoms. The van der Waals surface area contributed by atoms with Crippen LogP contribution in [0, 0.1) is 0 Å². The van der Waals surface area contributed by atoms with Gasteiger partial charge in [-0.25, -0.2) is 0 Å². The summed E-state index contributed by atoms with van der Waals surface area (Å²) < 4.78 is 4.58. The molecule has 0 amide bonds. The van der Waals surface area contributed by atoms with Crippen molar-refractivity contribution in [2.75, 3.05) is 13.2 Å². The van der Waals surface area contributed by atoms with Crippen molar-refractivity contribution in [3.8, 4) is 0 Å². The van der Waals surface area contributed by atoms with Gasteiger partial charge in [-0.3, -0.25) is 0 Å². The Labute approximate surface area is 136 Å². The number of aliphatic hydroxyl groups is 10. The fourth-order valence-electron chi connectivity index (χ4n) is 1.70. The third kappa shape index (κ3) is 6.27. The lowest BCUT2D eigenvalue weighted by Crippen LogP contribution is -2.58. The van der Waals surface area contributed by atoms with Crippen molar-refractivity contribution in [2.45, 2.75) is 55.1 Å². The molecule has 0 aliphatic carbocycles. The van der Waals surface area contributed by atoms with Crippen LogP contribution in [0.25, 0.3) is 0 Å². The average molecular weight is 360 g/mol. The molecule has 0 spiro atoms. The second-order valence-electron chi connectivity index (χ2n) is 5.08. The van der Waals surface area contributed by atoms with Gasteiger partial charge in [0.15, 0.2) is 12.6 Å². The summed E-state index contributed by atoms with van der Waals surface area (Å²) in [6.07, 6.45) is -13.9. The molecule has 12 nitrogen and oxygen atoms in total. The highest BCUT2D eigenvalue weighted by atomic mass is 16.6. The van der Waals surface area contributed by atoms with Crippen molar-refractivity contribution in [1.29, 1.82) is 0 Å². The second-order valence-corrected chi connectivity index (χ2v) is 5.08. The van der Waals surface area contributed by atoms with E-state index in [0.29, 0.717) is 0 Å². The molecule has 24 heavy (non-hydrogen) atoms. The summed E-state index contributed by atoms with van der Waals surface area (Å²) in [6, 6.07) is 0. The standard InChI is InChI=1S/2C6H12O6/c7-1-2-3(8)4(9)5(10)6(11)12-2;7-1-3(9)5(11)6(12)4(10)2-8/h2-11H,1H2;1,3-6,8-12H,2H2/t2-,3+,4+,5-,6+;3-,4+,5+,6-/m10/s1. The minimum absolute atomic E-state index is 0.0258. The number of hydrogen-bond donors (Lipinski definition) is 10. The van der Waals surface area contributed by atoms with E-state index < -0.39 is 68.3 Å². The number of aldehydes is 1. The summed E-state index contributed by atoms with van der Waals surface area (Å²) in [7, 11) is 0. The van der Waals surface area contributed by atoms with Crippen molar-refractivity contribution in [3.05, 3.63) is 0 Å². The van der Waals surface area contributed by atoms with E-state index in [4.69, 9.17) is 51.1 Å². The minimum atomic E-state index is -1.79. The summed E-state index contributed by atoms with van der Waals surface area (Å²) in [5, 5.41) is 88.2. The molecule has 0 radical (unpaired) electrons. The first-order valence-corrected chi connectivity index (χ1v) is 6.89. The summed E-state index contributed by atoms with van der Waals surface area (Å²) in [5.41, 5.74) is 0. The quantitative estimate of drug-likeness (QED) is 0.199. The van der Waals surface area contributed by atoms with Gasteiger partial charge in [0, 0.05) is 0 Å². The Balaban J connectivity index is 0.000000441. The molecule has 1 saturated heterocycles. The number of carbonyl (C=O) groups excluding carboxylic acids is 1. The molecule has 0 saturated carbocycles. The van der Waals surface area contributed by atoms with E-state index in [0.717, 1.165) is 0 Å². The maximum Gasteiger partial charge on any atom is 0.184 e. The number of aliphatic hydroxyl groups excluding tert-OH is 10. The molecule has 9 atom stereocenters. The zero-order chi connectivity index (χ0) is 19.0. The van der Waals surface area contributed by atoms with Crippen LogP contribution in [-0.2, 0) is 9.53 Å². The Morgan fingerprint density at radius 1 is 0.875 bits per heavy atom. The molecule has 1 heterocycles. The van der Waals surface area contributed by atoms with Crippen molar-refractivity contribution in [1.82, 2.24) is 0 Å². The van der Waals surface area contributed by atoms with Gasteiger partial charge < -0.3 is 60.6 Å². The number of hydrogen-bond acceptors (Lipinski definition) is 12. The normalized spacial score (nSPS) is 35.2. The lowest BCUT2D eigenvalue weighted by molar-refractivity contribution is -0.286. The molecule has 0 aromatic heterocycles. The van der Waals surface area contributed by atoms with Gasteiger partial charge in [-0.15, -0.1) is 0 Å². The van der Waals surface area contributed by atoms with Gasteiger partial charge in [0.05, 0.1) is 13.2 Å². The summed E-state index contributed by atoms with van der Waals surface area (Å²) in [5.74, 6) is 0. The monoisotopic (exact) mass is 360 g/mol. The van der Waals surface area contributed by atoms with E-state index in [-0.39, 0.29) is 6.29 Å². The largest absolute Gasteiger partial charge is 0.394 e. The third-order valence-corrected chi connectivity index (χ3v) is 3.29. The van der Waals surface area contributed by atoms with Crippen molar-refractivity contribution in [2.24, 2.45) is 0 Å². The van der Waals surface area contributed by atoms with Crippen LogP contribution in [0.5, 0.6) is 0 Å². The van der Waals surface area contributed by atoms with Crippen LogP contribution in [0.4, 0.5) is 0 Å². The molecule has 1 aliphatic heterocycles. The molecule has 0 aromatic carbocycles. The van der Waals surface area contributed by atoms with Gasteiger partial charge >= 0.3 is 0 Å². The fraction of sp³-hybridized carbons (Fsp3) is 0.917. The Bertz CT molecular complexity index is 350. The molecule has 1 rings (SSSR count). The summed E-state index contributed by atoms with van der Waals surface area (Å²) >= 11 is 0. The van der Waals surface area contributed by atoms with Crippen LogP contribution in [0.15, 0.2) is 0 Å². The fourth-order valence-corrected chi connectivity index (χ4v) is 1.70. The molecule has 144 valence electrons. The minimum Gasteiger partial charge on any atom is -0.394 e. The van der Waals surface area contributed by atoms with Crippen molar-refractivity contribution in [3.63, 3.8) is 0 Å². The predicted molar refractivity (Wildman–Crippen MR) is 73.2 cm³/mol. The predicted octanol–water partition coefficient (Wildman–Crippen LogP) is -6.60. The van der Waals surface area contributed by atoms with Gasteiger partial charge in [0.2, 0.25) is 0 Å². The van der Waals surface area contributed by atoms with Gasteiger partial charge in [-0.05, 0) is 0 Å². The van der Waals surface area contributed by atoms with Gasteiger partial charge in [0.1, 0.15) is 48.8 Å². The average Bonchev–Trinajstić information content (AvgIpc) is 2.60. The number of carbonyl (C=O) groups is 1. The Kier molecular flexibility index (Phi) is 10.6. The molecule has 0 unspecified atom stereocenters. The highest BCUT2D eigenvalue weighted by molar-refractivity contribution is 5.56. The maximum atomic E-state index is 9.90. The van der Waals surface area contributed by atoms with Crippen LogP contribution >= 0.6 is 0 Å². The lowest BCUT2D eigenvalue weighted by Gasteiger charge is -2.37. The first-order chi connectivity index (χ1) is 11.1. The van der Waals surface area contributed by atoms with Crippen molar-refractivity contribution >= 4 is 6.29 Å². The molecule has 1 aliphatic rings. The SMILES string of the molecule is O=C[C@H](O)[C@@H](O)[C@@H](O)[C@H](O)CO.OC[C@H]1O[C@H](O)[C@H](O)[C@@H](O)[C@H]1O. The third-order valence-electron chi connectivity index (χ3n) is 3.29. The van der Waals surface area contributed by atoms with Crippen LogP contribution in [0.3, 0.4) is 0 Å². The molecule has 10 N–H and O–H groups in total. The zero-order valence-electron chi connectivity index (χ0n) is 12.5. The molecule has 12 heteroatoms. The zero-order valence-corrected chi connectivity index (χ0v) is 12.5. The smallest absolute Gasteiger partial charge is 0.184 e. The number of rotatable bonds is 6. The van der Waals surface area contributed by atoms with Crippen LogP contribution < -0.4 is 0 Å². The van der Waals surface area contributed by atoms with E-state index >= 15 is 0 Å². The summed E-state index contributed by atoms with van der Waals surface area (Å²) in [4.78, 5) is 9.90. The van der Waals surface area contributed by atoms with E-state index in [1.807, 2.05) is 0 Å². The second kappa shape index (κ2) is 11.0. The van der Waals surface area contributed by atoms with E-state index in [9.17, 15) is 4.79 Å². The first-order valence-electron chi connectivity index (χ1n) is 6.89. The molecular weight excluding hydrogens is 336 g/mol. The molecule has 0 aromatic rings. The van der Waals surface area contributed by atoms with Gasteiger partial charge in [0.25, 0.3) is 0 Å². The van der Waals surface area contributed by atoms with Gasteiger partial charge in [-0.1, -0.05) is 0 Å². The Morgan fingerprint density at radius 2 is 1.42 bits per heavy atom. The van der Waals surface area contributed by atoms with Crippen LogP contribution in [0.2, 0.25) is 0 Å².